The zero-order valence-electron chi connectivity index (χ0n) is 9.41. The second kappa shape index (κ2) is 4.91. The molecule has 0 saturated carbocycles. The van der Waals surface area contributed by atoms with Gasteiger partial charge in [-0.2, -0.15) is 4.98 Å². The van der Waals surface area contributed by atoms with Gasteiger partial charge < -0.3 is 9.84 Å². The van der Waals surface area contributed by atoms with Gasteiger partial charge in [-0.25, -0.2) is 8.78 Å². The van der Waals surface area contributed by atoms with Crippen LogP contribution in [0.15, 0.2) is 22.7 Å². The molecule has 1 aromatic carbocycles. The summed E-state index contributed by atoms with van der Waals surface area (Å²) in [5, 5.41) is 5.81. The van der Waals surface area contributed by atoms with Crippen molar-refractivity contribution in [1.82, 2.24) is 15.5 Å². The maximum atomic E-state index is 13.3. The third-order valence-corrected chi connectivity index (χ3v) is 2.16. The second-order valence-electron chi connectivity index (χ2n) is 3.51. The summed E-state index contributed by atoms with van der Waals surface area (Å²) in [7, 11) is 0. The number of aryl methyl sites for hydroxylation is 1. The highest BCUT2D eigenvalue weighted by Crippen LogP contribution is 2.11. The minimum absolute atomic E-state index is 0.0898. The highest BCUT2D eigenvalue weighted by molar-refractivity contribution is 5.94. The zero-order valence-corrected chi connectivity index (χ0v) is 9.41. The van der Waals surface area contributed by atoms with Crippen molar-refractivity contribution in [3.05, 3.63) is 47.1 Å². The van der Waals surface area contributed by atoms with Gasteiger partial charge in [-0.15, -0.1) is 0 Å². The van der Waals surface area contributed by atoms with Crippen LogP contribution in [0.5, 0.6) is 0 Å². The number of halogens is 2. The first-order valence-corrected chi connectivity index (χ1v) is 5.09. The van der Waals surface area contributed by atoms with Crippen LogP contribution in [0.4, 0.5) is 8.78 Å². The number of carbonyl (C=O) groups excluding carboxylic acids is 1. The van der Waals surface area contributed by atoms with Crippen LogP contribution in [0.25, 0.3) is 0 Å². The largest absolute Gasteiger partial charge is 0.343 e. The van der Waals surface area contributed by atoms with E-state index >= 15 is 0 Å². The Kier molecular flexibility index (Phi) is 3.31. The summed E-state index contributed by atoms with van der Waals surface area (Å²) in [4.78, 5) is 15.4. The first-order valence-electron chi connectivity index (χ1n) is 5.09. The van der Waals surface area contributed by atoms with Crippen molar-refractivity contribution in [2.75, 3.05) is 0 Å². The van der Waals surface area contributed by atoms with Crippen LogP contribution in [0.2, 0.25) is 0 Å². The first kappa shape index (κ1) is 12.2. The number of carbonyl (C=O) groups is 1. The molecule has 0 atom stereocenters. The fraction of sp³-hybridized carbons (Fsp3) is 0.182. The summed E-state index contributed by atoms with van der Waals surface area (Å²) in [6.45, 7) is 1.53. The predicted molar refractivity (Wildman–Crippen MR) is 56.6 cm³/mol. The van der Waals surface area contributed by atoms with Crippen molar-refractivity contribution in [2.24, 2.45) is 0 Å². The number of rotatable bonds is 3. The van der Waals surface area contributed by atoms with Gasteiger partial charge in [0.1, 0.15) is 17.2 Å². The molecule has 0 bridgehead atoms. The Balaban J connectivity index is 2.08. The van der Waals surface area contributed by atoms with E-state index in [4.69, 9.17) is 4.52 Å². The van der Waals surface area contributed by atoms with Crippen molar-refractivity contribution in [3.8, 4) is 0 Å². The van der Waals surface area contributed by atoms with E-state index in [1.54, 1.807) is 6.92 Å². The van der Waals surface area contributed by atoms with E-state index in [0.29, 0.717) is 5.82 Å². The number of amides is 1. The fourth-order valence-corrected chi connectivity index (χ4v) is 1.37. The molecule has 1 N–H and O–H groups in total. The molecule has 0 unspecified atom stereocenters. The van der Waals surface area contributed by atoms with Gasteiger partial charge in [0, 0.05) is 0 Å². The first-order chi connectivity index (χ1) is 8.58. The Labute approximate surface area is 101 Å². The molecule has 0 aliphatic heterocycles. The highest BCUT2D eigenvalue weighted by atomic mass is 19.1. The lowest BCUT2D eigenvalue weighted by Crippen LogP contribution is -2.25. The summed E-state index contributed by atoms with van der Waals surface area (Å²) in [5.74, 6) is -2.14. The average molecular weight is 253 g/mol. The molecule has 18 heavy (non-hydrogen) atoms. The van der Waals surface area contributed by atoms with Gasteiger partial charge in [-0.1, -0.05) is 11.2 Å². The highest BCUT2D eigenvalue weighted by Gasteiger charge is 2.17. The average Bonchev–Trinajstić information content (AvgIpc) is 2.72. The zero-order chi connectivity index (χ0) is 13.1. The Morgan fingerprint density at radius 3 is 2.61 bits per heavy atom. The molecule has 0 fully saturated rings. The molecule has 5 nitrogen and oxygen atoms in total. The minimum Gasteiger partial charge on any atom is -0.343 e. The van der Waals surface area contributed by atoms with E-state index in [1.165, 1.54) is 6.07 Å². The van der Waals surface area contributed by atoms with E-state index in [1.807, 2.05) is 0 Å². The van der Waals surface area contributed by atoms with Crippen molar-refractivity contribution in [2.45, 2.75) is 13.5 Å². The molecule has 1 heterocycles. The smallest absolute Gasteiger partial charge is 0.257 e. The van der Waals surface area contributed by atoms with E-state index in [2.05, 4.69) is 15.5 Å². The van der Waals surface area contributed by atoms with Crippen LogP contribution in [-0.2, 0) is 6.54 Å². The second-order valence-corrected chi connectivity index (χ2v) is 3.51. The van der Waals surface area contributed by atoms with Crippen molar-refractivity contribution in [1.29, 1.82) is 0 Å². The number of aromatic nitrogens is 2. The topological polar surface area (TPSA) is 68.0 Å². The Morgan fingerprint density at radius 1 is 1.39 bits per heavy atom. The molecule has 2 aromatic rings. The lowest BCUT2D eigenvalue weighted by atomic mass is 10.2. The van der Waals surface area contributed by atoms with Crippen LogP contribution in [-0.4, -0.2) is 16.0 Å². The summed E-state index contributed by atoms with van der Waals surface area (Å²) < 4.78 is 31.3. The molecule has 0 radical (unpaired) electrons. The van der Waals surface area contributed by atoms with Crippen molar-refractivity contribution < 1.29 is 18.1 Å². The standard InChI is InChI=1S/C11H9F2N3O2/c1-6-15-9(18-16-6)5-14-11(17)10-7(12)3-2-4-8(10)13/h2-4H,5H2,1H3,(H,14,17). The van der Waals surface area contributed by atoms with E-state index < -0.39 is 23.1 Å². The van der Waals surface area contributed by atoms with Gasteiger partial charge in [0.05, 0.1) is 6.54 Å². The van der Waals surface area contributed by atoms with E-state index in [-0.39, 0.29) is 12.4 Å². The molecular weight excluding hydrogens is 244 g/mol. The molecule has 0 spiro atoms. The van der Waals surface area contributed by atoms with Crippen LogP contribution >= 0.6 is 0 Å². The normalized spacial score (nSPS) is 10.4. The monoisotopic (exact) mass is 253 g/mol. The molecule has 1 amide bonds. The van der Waals surface area contributed by atoms with Gasteiger partial charge in [0.25, 0.3) is 5.91 Å². The van der Waals surface area contributed by atoms with Gasteiger partial charge in [0.15, 0.2) is 5.82 Å². The summed E-state index contributed by atoms with van der Waals surface area (Å²) in [6.07, 6.45) is 0. The third kappa shape index (κ3) is 2.50. The Bertz CT molecular complexity index is 563. The van der Waals surface area contributed by atoms with Gasteiger partial charge in [-0.05, 0) is 19.1 Å². The van der Waals surface area contributed by atoms with Crippen LogP contribution in [0.3, 0.4) is 0 Å². The predicted octanol–water partition coefficient (Wildman–Crippen LogP) is 1.59. The van der Waals surface area contributed by atoms with Gasteiger partial charge in [0.2, 0.25) is 5.89 Å². The van der Waals surface area contributed by atoms with E-state index in [9.17, 15) is 13.6 Å². The Hall–Kier alpha value is -2.31. The SMILES string of the molecule is Cc1noc(CNC(=O)c2c(F)cccc2F)n1. The Morgan fingerprint density at radius 2 is 2.06 bits per heavy atom. The fourth-order valence-electron chi connectivity index (χ4n) is 1.37. The number of hydrogen-bond donors (Lipinski definition) is 1. The van der Waals surface area contributed by atoms with Crippen molar-refractivity contribution in [3.63, 3.8) is 0 Å². The molecule has 0 saturated heterocycles. The molecule has 7 heteroatoms. The third-order valence-electron chi connectivity index (χ3n) is 2.16. The van der Waals surface area contributed by atoms with Crippen LogP contribution in [0, 0.1) is 18.6 Å². The van der Waals surface area contributed by atoms with Crippen molar-refractivity contribution >= 4 is 5.91 Å². The van der Waals surface area contributed by atoms with Gasteiger partial charge in [-0.3, -0.25) is 4.79 Å². The molecule has 2 rings (SSSR count). The quantitative estimate of drug-likeness (QED) is 0.901. The minimum atomic E-state index is -0.922. The summed E-state index contributed by atoms with van der Waals surface area (Å²) >= 11 is 0. The maximum Gasteiger partial charge on any atom is 0.257 e. The molecule has 0 aliphatic rings. The number of hydrogen-bond acceptors (Lipinski definition) is 4. The molecule has 94 valence electrons. The lowest BCUT2D eigenvalue weighted by molar-refractivity contribution is 0.0938. The molecule has 0 aliphatic carbocycles. The van der Waals surface area contributed by atoms with Crippen LogP contribution < -0.4 is 5.32 Å². The molecular formula is C11H9F2N3O2. The number of nitrogens with zero attached hydrogens (tertiary/aromatic N) is 2. The lowest BCUT2D eigenvalue weighted by Gasteiger charge is -2.04. The summed E-state index contributed by atoms with van der Waals surface area (Å²) in [5.41, 5.74) is -0.631. The molecule has 1 aromatic heterocycles. The van der Waals surface area contributed by atoms with E-state index in [0.717, 1.165) is 12.1 Å². The van der Waals surface area contributed by atoms with Crippen LogP contribution in [0.1, 0.15) is 22.1 Å². The maximum absolute atomic E-state index is 13.3. The number of benzene rings is 1. The van der Waals surface area contributed by atoms with Gasteiger partial charge >= 0.3 is 0 Å². The number of nitrogens with one attached hydrogen (secondary N) is 1. The summed E-state index contributed by atoms with van der Waals surface area (Å²) in [6, 6.07) is 3.20.